The molecule has 0 aromatic heterocycles. The Kier molecular flexibility index (Phi) is 3.00. The molecule has 0 spiro atoms. The van der Waals surface area contributed by atoms with Crippen LogP contribution in [-0.4, -0.2) is 65.8 Å². The maximum absolute atomic E-state index is 11.5. The Morgan fingerprint density at radius 3 is 2.50 bits per heavy atom. The highest BCUT2D eigenvalue weighted by Gasteiger charge is 2.40. The minimum absolute atomic E-state index is 0.381. The van der Waals surface area contributed by atoms with Crippen LogP contribution in [0.25, 0.3) is 0 Å². The van der Waals surface area contributed by atoms with Crippen molar-refractivity contribution in [2.45, 2.75) is 24.9 Å². The first-order valence-electron chi connectivity index (χ1n) is 5.45. The normalized spacial score (nSPS) is 26.6. The van der Waals surface area contributed by atoms with E-state index in [4.69, 9.17) is 5.11 Å². The molecule has 2 rings (SSSR count). The van der Waals surface area contributed by atoms with Gasteiger partial charge in [-0.3, -0.25) is 9.80 Å². The SMILES string of the molecule is COC(=O)[C@H]1CN(C2CC2)CCN1C(=O)O. The number of ether oxygens (including phenoxy) is 1. The van der Waals surface area contributed by atoms with Crippen molar-refractivity contribution in [2.24, 2.45) is 0 Å². The van der Waals surface area contributed by atoms with E-state index in [9.17, 15) is 9.59 Å². The van der Waals surface area contributed by atoms with Gasteiger partial charge >= 0.3 is 12.1 Å². The van der Waals surface area contributed by atoms with E-state index in [0.717, 1.165) is 12.8 Å². The standard InChI is InChI=1S/C10H16N2O4/c1-16-9(13)8-6-11(7-2-3-7)4-5-12(8)10(14)15/h7-8H,2-6H2,1H3,(H,14,15)/t8-/m1/s1. The third-order valence-corrected chi connectivity index (χ3v) is 3.19. The van der Waals surface area contributed by atoms with E-state index in [1.165, 1.54) is 12.0 Å². The number of carbonyl (C=O) groups excluding carboxylic acids is 1. The van der Waals surface area contributed by atoms with Gasteiger partial charge in [-0.05, 0) is 12.8 Å². The zero-order valence-electron chi connectivity index (χ0n) is 9.26. The zero-order chi connectivity index (χ0) is 11.7. The van der Waals surface area contributed by atoms with Gasteiger partial charge in [-0.25, -0.2) is 9.59 Å². The minimum Gasteiger partial charge on any atom is -0.467 e. The number of carboxylic acid groups (broad SMARTS) is 1. The Bertz CT molecular complexity index is 303. The first-order chi connectivity index (χ1) is 7.63. The summed E-state index contributed by atoms with van der Waals surface area (Å²) in [6.07, 6.45) is 1.26. The third-order valence-electron chi connectivity index (χ3n) is 3.19. The third kappa shape index (κ3) is 2.11. The monoisotopic (exact) mass is 228 g/mol. The molecular formula is C10H16N2O4. The largest absolute Gasteiger partial charge is 0.467 e. The Balaban J connectivity index is 2.05. The van der Waals surface area contributed by atoms with Crippen molar-refractivity contribution in [3.05, 3.63) is 0 Å². The number of amides is 1. The molecular weight excluding hydrogens is 212 g/mol. The van der Waals surface area contributed by atoms with Crippen molar-refractivity contribution < 1.29 is 19.4 Å². The number of carbonyl (C=O) groups is 2. The van der Waals surface area contributed by atoms with Crippen LogP contribution in [0, 0.1) is 0 Å². The Morgan fingerprint density at radius 1 is 1.31 bits per heavy atom. The molecule has 0 aromatic rings. The molecule has 1 heterocycles. The second-order valence-electron chi connectivity index (χ2n) is 4.24. The highest BCUT2D eigenvalue weighted by molar-refractivity contribution is 5.81. The maximum Gasteiger partial charge on any atom is 0.408 e. The molecule has 0 unspecified atom stereocenters. The molecule has 2 aliphatic rings. The maximum atomic E-state index is 11.5. The summed E-state index contributed by atoms with van der Waals surface area (Å²) in [6, 6.07) is -0.125. The molecule has 1 aliphatic carbocycles. The topological polar surface area (TPSA) is 70.1 Å². The molecule has 6 nitrogen and oxygen atoms in total. The summed E-state index contributed by atoms with van der Waals surface area (Å²) in [5.74, 6) is -0.465. The molecule has 0 radical (unpaired) electrons. The lowest BCUT2D eigenvalue weighted by Gasteiger charge is -2.38. The number of nitrogens with zero attached hydrogens (tertiary/aromatic N) is 2. The molecule has 6 heteroatoms. The summed E-state index contributed by atoms with van der Waals surface area (Å²) < 4.78 is 4.65. The molecule has 1 amide bonds. The van der Waals surface area contributed by atoms with E-state index in [1.807, 2.05) is 0 Å². The predicted octanol–water partition coefficient (Wildman–Crippen LogP) is -0.0140. The van der Waals surface area contributed by atoms with Crippen molar-refractivity contribution >= 4 is 12.1 Å². The fourth-order valence-electron chi connectivity index (χ4n) is 2.14. The van der Waals surface area contributed by atoms with Crippen LogP contribution in [0.4, 0.5) is 4.79 Å². The van der Waals surface area contributed by atoms with Crippen molar-refractivity contribution in [1.29, 1.82) is 0 Å². The van der Waals surface area contributed by atoms with Crippen LogP contribution in [-0.2, 0) is 9.53 Å². The van der Waals surface area contributed by atoms with Crippen LogP contribution in [0.15, 0.2) is 0 Å². The van der Waals surface area contributed by atoms with Gasteiger partial charge < -0.3 is 9.84 Å². The summed E-state index contributed by atoms with van der Waals surface area (Å²) in [5, 5.41) is 8.99. The molecule has 0 aromatic carbocycles. The van der Waals surface area contributed by atoms with Crippen molar-refractivity contribution in [3.8, 4) is 0 Å². The molecule has 1 atom stereocenters. The van der Waals surface area contributed by atoms with Gasteiger partial charge in [-0.15, -0.1) is 0 Å². The summed E-state index contributed by atoms with van der Waals surface area (Å²) in [5.41, 5.74) is 0. The second-order valence-corrected chi connectivity index (χ2v) is 4.24. The number of rotatable bonds is 2. The van der Waals surface area contributed by atoms with E-state index in [2.05, 4.69) is 9.64 Å². The van der Waals surface area contributed by atoms with Crippen LogP contribution >= 0.6 is 0 Å². The lowest BCUT2D eigenvalue weighted by atomic mass is 10.1. The highest BCUT2D eigenvalue weighted by atomic mass is 16.5. The Hall–Kier alpha value is -1.30. The van der Waals surface area contributed by atoms with E-state index in [-0.39, 0.29) is 0 Å². The van der Waals surface area contributed by atoms with E-state index < -0.39 is 18.1 Å². The predicted molar refractivity (Wildman–Crippen MR) is 55.1 cm³/mol. The van der Waals surface area contributed by atoms with Crippen molar-refractivity contribution in [2.75, 3.05) is 26.7 Å². The number of hydrogen-bond donors (Lipinski definition) is 1. The Labute approximate surface area is 93.8 Å². The van der Waals surface area contributed by atoms with Crippen LogP contribution in [0.1, 0.15) is 12.8 Å². The number of hydrogen-bond acceptors (Lipinski definition) is 4. The van der Waals surface area contributed by atoms with E-state index >= 15 is 0 Å². The minimum atomic E-state index is -1.05. The van der Waals surface area contributed by atoms with Gasteiger partial charge in [0.1, 0.15) is 6.04 Å². The molecule has 1 N–H and O–H groups in total. The summed E-state index contributed by atoms with van der Waals surface area (Å²) in [4.78, 5) is 25.8. The van der Waals surface area contributed by atoms with Gasteiger partial charge in [0.2, 0.25) is 0 Å². The van der Waals surface area contributed by atoms with Gasteiger partial charge in [0.15, 0.2) is 0 Å². The zero-order valence-corrected chi connectivity index (χ0v) is 9.26. The van der Waals surface area contributed by atoms with E-state index in [1.54, 1.807) is 0 Å². The molecule has 1 saturated carbocycles. The van der Waals surface area contributed by atoms with Crippen molar-refractivity contribution in [1.82, 2.24) is 9.80 Å². The fourth-order valence-corrected chi connectivity index (χ4v) is 2.14. The number of esters is 1. The molecule has 2 fully saturated rings. The molecule has 90 valence electrons. The number of piperazine rings is 1. The van der Waals surface area contributed by atoms with Gasteiger partial charge in [0.25, 0.3) is 0 Å². The second kappa shape index (κ2) is 4.29. The van der Waals surface area contributed by atoms with E-state index in [0.29, 0.717) is 25.7 Å². The Morgan fingerprint density at radius 2 is 2.00 bits per heavy atom. The van der Waals surface area contributed by atoms with Crippen LogP contribution in [0.2, 0.25) is 0 Å². The van der Waals surface area contributed by atoms with Gasteiger partial charge in [-0.1, -0.05) is 0 Å². The summed E-state index contributed by atoms with van der Waals surface area (Å²) in [6.45, 7) is 1.56. The average molecular weight is 228 g/mol. The fraction of sp³-hybridized carbons (Fsp3) is 0.800. The van der Waals surface area contributed by atoms with Crippen LogP contribution in [0.5, 0.6) is 0 Å². The first kappa shape index (κ1) is 11.2. The first-order valence-corrected chi connectivity index (χ1v) is 5.45. The van der Waals surface area contributed by atoms with Gasteiger partial charge in [0, 0.05) is 25.7 Å². The van der Waals surface area contributed by atoms with Crippen LogP contribution < -0.4 is 0 Å². The molecule has 1 aliphatic heterocycles. The molecule has 16 heavy (non-hydrogen) atoms. The smallest absolute Gasteiger partial charge is 0.408 e. The van der Waals surface area contributed by atoms with Gasteiger partial charge in [-0.2, -0.15) is 0 Å². The van der Waals surface area contributed by atoms with Crippen LogP contribution in [0.3, 0.4) is 0 Å². The summed E-state index contributed by atoms with van der Waals surface area (Å²) >= 11 is 0. The quantitative estimate of drug-likeness (QED) is 0.673. The summed E-state index contributed by atoms with van der Waals surface area (Å²) in [7, 11) is 1.29. The lowest BCUT2D eigenvalue weighted by molar-refractivity contribution is -0.148. The van der Waals surface area contributed by atoms with Crippen molar-refractivity contribution in [3.63, 3.8) is 0 Å². The average Bonchev–Trinajstić information content (AvgIpc) is 3.11. The number of methoxy groups -OCH3 is 1. The van der Waals surface area contributed by atoms with Gasteiger partial charge in [0.05, 0.1) is 7.11 Å². The highest BCUT2D eigenvalue weighted by Crippen LogP contribution is 2.29. The molecule has 1 saturated heterocycles. The lowest BCUT2D eigenvalue weighted by Crippen LogP contribution is -2.58. The molecule has 0 bridgehead atoms.